The Hall–Kier alpha value is -3.07. The molecular weight excluding hydrogens is 318 g/mol. The van der Waals surface area contributed by atoms with Gasteiger partial charge in [0.15, 0.2) is 17.5 Å². The first-order valence-corrected chi connectivity index (χ1v) is 8.26. The van der Waals surface area contributed by atoms with Crippen molar-refractivity contribution in [2.75, 3.05) is 31.6 Å². The molecule has 25 heavy (non-hydrogen) atoms. The van der Waals surface area contributed by atoms with Crippen LogP contribution >= 0.6 is 0 Å². The fraction of sp³-hybridized carbons (Fsp3) is 0.316. The Labute approximate surface area is 147 Å². The number of nitrogens with one attached hydrogen (secondary N) is 2. The van der Waals surface area contributed by atoms with Crippen LogP contribution in [0.25, 0.3) is 0 Å². The Morgan fingerprint density at radius 2 is 2.08 bits per heavy atom. The lowest BCUT2D eigenvalue weighted by Gasteiger charge is -2.13. The molecule has 1 aliphatic rings. The number of guanidine groups is 1. The summed E-state index contributed by atoms with van der Waals surface area (Å²) in [5.41, 5.74) is 0.852. The molecule has 0 saturated carbocycles. The molecule has 2 aromatic rings. The molecule has 0 fully saturated rings. The Kier molecular flexibility index (Phi) is 5.83. The Bertz CT molecular complexity index is 748. The van der Waals surface area contributed by atoms with Crippen molar-refractivity contribution in [1.29, 1.82) is 0 Å². The van der Waals surface area contributed by atoms with Crippen LogP contribution in [0.4, 0.5) is 5.69 Å². The average Bonchev–Trinajstić information content (AvgIpc) is 3.03. The van der Waals surface area contributed by atoms with Crippen LogP contribution < -0.4 is 20.1 Å². The van der Waals surface area contributed by atoms with Crippen molar-refractivity contribution in [2.45, 2.75) is 12.8 Å². The molecular formula is C19H21N3O3. The number of benzene rings is 1. The van der Waals surface area contributed by atoms with Gasteiger partial charge in [0.2, 0.25) is 0 Å². The second-order valence-corrected chi connectivity index (χ2v) is 5.45. The molecule has 2 heterocycles. The second kappa shape index (κ2) is 8.69. The van der Waals surface area contributed by atoms with Crippen LogP contribution in [0.15, 0.2) is 46.0 Å². The normalized spacial score (nSPS) is 13.6. The number of ether oxygens (including phenoxy) is 2. The SMILES string of the molecule is C#CCNC(=NCCc1ccco1)Nc1ccc2c(c1)OCCCO2. The maximum absolute atomic E-state index is 5.71. The van der Waals surface area contributed by atoms with Crippen molar-refractivity contribution in [3.05, 3.63) is 42.4 Å². The third-order valence-electron chi connectivity index (χ3n) is 3.58. The highest BCUT2D eigenvalue weighted by Crippen LogP contribution is 2.32. The standard InChI is InChI=1S/C19H21N3O3/c1-2-9-20-19(21-10-8-16-5-3-11-23-16)22-15-6-7-17-18(14-15)25-13-4-12-24-17/h1,3,5-7,11,14H,4,8-10,12-13H2,(H2,20,21,22). The van der Waals surface area contributed by atoms with Crippen molar-refractivity contribution in [1.82, 2.24) is 5.32 Å². The molecule has 0 amide bonds. The molecule has 0 radical (unpaired) electrons. The van der Waals surface area contributed by atoms with Gasteiger partial charge in [-0.3, -0.25) is 4.99 Å². The van der Waals surface area contributed by atoms with E-state index in [0.717, 1.165) is 35.8 Å². The largest absolute Gasteiger partial charge is 0.490 e. The molecule has 0 aliphatic carbocycles. The average molecular weight is 339 g/mol. The molecule has 0 bridgehead atoms. The molecule has 0 unspecified atom stereocenters. The molecule has 2 N–H and O–H groups in total. The van der Waals surface area contributed by atoms with Gasteiger partial charge < -0.3 is 24.5 Å². The first-order valence-electron chi connectivity index (χ1n) is 8.26. The zero-order valence-electron chi connectivity index (χ0n) is 14.0. The maximum atomic E-state index is 5.71. The molecule has 1 aliphatic heterocycles. The molecule has 1 aromatic heterocycles. The van der Waals surface area contributed by atoms with Gasteiger partial charge in [-0.15, -0.1) is 6.42 Å². The molecule has 1 aromatic carbocycles. The van der Waals surface area contributed by atoms with Gasteiger partial charge in [0, 0.05) is 31.1 Å². The summed E-state index contributed by atoms with van der Waals surface area (Å²) in [7, 11) is 0. The lowest BCUT2D eigenvalue weighted by Crippen LogP contribution is -2.31. The minimum Gasteiger partial charge on any atom is -0.490 e. The van der Waals surface area contributed by atoms with Crippen molar-refractivity contribution in [2.24, 2.45) is 4.99 Å². The van der Waals surface area contributed by atoms with E-state index in [4.69, 9.17) is 20.3 Å². The van der Waals surface area contributed by atoms with E-state index < -0.39 is 0 Å². The second-order valence-electron chi connectivity index (χ2n) is 5.45. The van der Waals surface area contributed by atoms with E-state index in [2.05, 4.69) is 21.5 Å². The topological polar surface area (TPSA) is 68.0 Å². The lowest BCUT2D eigenvalue weighted by atomic mass is 10.2. The number of rotatable bonds is 5. The lowest BCUT2D eigenvalue weighted by molar-refractivity contribution is 0.297. The minimum absolute atomic E-state index is 0.386. The Morgan fingerprint density at radius 1 is 1.20 bits per heavy atom. The van der Waals surface area contributed by atoms with E-state index in [-0.39, 0.29) is 0 Å². The first kappa shape index (κ1) is 16.8. The predicted octanol–water partition coefficient (Wildman–Crippen LogP) is 2.67. The highest BCUT2D eigenvalue weighted by Gasteiger charge is 2.11. The Balaban J connectivity index is 1.66. The smallest absolute Gasteiger partial charge is 0.196 e. The third kappa shape index (κ3) is 4.95. The van der Waals surface area contributed by atoms with Crippen molar-refractivity contribution < 1.29 is 13.9 Å². The quantitative estimate of drug-likeness (QED) is 0.498. The fourth-order valence-electron chi connectivity index (χ4n) is 2.38. The number of terminal acetylenes is 1. The molecule has 3 rings (SSSR count). The van der Waals surface area contributed by atoms with Gasteiger partial charge in [-0.25, -0.2) is 0 Å². The van der Waals surface area contributed by atoms with Gasteiger partial charge in [-0.05, 0) is 24.3 Å². The van der Waals surface area contributed by atoms with Crippen LogP contribution in [-0.2, 0) is 6.42 Å². The van der Waals surface area contributed by atoms with E-state index in [9.17, 15) is 0 Å². The van der Waals surface area contributed by atoms with Gasteiger partial charge in [0.25, 0.3) is 0 Å². The van der Waals surface area contributed by atoms with Crippen molar-refractivity contribution >= 4 is 11.6 Å². The monoisotopic (exact) mass is 339 g/mol. The molecule has 0 saturated heterocycles. The molecule has 0 atom stereocenters. The van der Waals surface area contributed by atoms with Crippen LogP contribution in [0.2, 0.25) is 0 Å². The van der Waals surface area contributed by atoms with E-state index in [1.165, 1.54) is 0 Å². The first-order chi connectivity index (χ1) is 12.3. The van der Waals surface area contributed by atoms with Crippen LogP contribution in [0.1, 0.15) is 12.2 Å². The highest BCUT2D eigenvalue weighted by molar-refractivity contribution is 5.94. The minimum atomic E-state index is 0.386. The van der Waals surface area contributed by atoms with E-state index >= 15 is 0 Å². The van der Waals surface area contributed by atoms with Crippen LogP contribution in [0.5, 0.6) is 11.5 Å². The summed E-state index contributed by atoms with van der Waals surface area (Å²) in [6, 6.07) is 9.52. The van der Waals surface area contributed by atoms with Gasteiger partial charge in [0.1, 0.15) is 5.76 Å². The number of nitrogens with zero attached hydrogens (tertiary/aromatic N) is 1. The van der Waals surface area contributed by atoms with E-state index in [0.29, 0.717) is 32.3 Å². The van der Waals surface area contributed by atoms with Crippen molar-refractivity contribution in [3.8, 4) is 23.8 Å². The number of aliphatic imine (C=N–C) groups is 1. The summed E-state index contributed by atoms with van der Waals surface area (Å²) in [6.45, 7) is 2.29. The van der Waals surface area contributed by atoms with Gasteiger partial charge in [-0.1, -0.05) is 5.92 Å². The number of furan rings is 1. The van der Waals surface area contributed by atoms with Crippen LogP contribution in [-0.4, -0.2) is 32.3 Å². The number of hydrogen-bond donors (Lipinski definition) is 2. The third-order valence-corrected chi connectivity index (χ3v) is 3.58. The predicted molar refractivity (Wildman–Crippen MR) is 97.2 cm³/mol. The van der Waals surface area contributed by atoms with Gasteiger partial charge in [-0.2, -0.15) is 0 Å². The van der Waals surface area contributed by atoms with Gasteiger partial charge >= 0.3 is 0 Å². The zero-order chi connectivity index (χ0) is 17.3. The summed E-state index contributed by atoms with van der Waals surface area (Å²) >= 11 is 0. The van der Waals surface area contributed by atoms with E-state index in [1.807, 2.05) is 30.3 Å². The molecule has 130 valence electrons. The number of hydrogen-bond acceptors (Lipinski definition) is 4. The summed E-state index contributed by atoms with van der Waals surface area (Å²) in [5.74, 6) is 5.55. The molecule has 6 nitrogen and oxygen atoms in total. The van der Waals surface area contributed by atoms with Crippen molar-refractivity contribution in [3.63, 3.8) is 0 Å². The molecule has 6 heteroatoms. The summed E-state index contributed by atoms with van der Waals surface area (Å²) < 4.78 is 16.7. The van der Waals surface area contributed by atoms with E-state index in [1.54, 1.807) is 6.26 Å². The Morgan fingerprint density at radius 3 is 2.88 bits per heavy atom. The van der Waals surface area contributed by atoms with Crippen LogP contribution in [0.3, 0.4) is 0 Å². The fourth-order valence-corrected chi connectivity index (χ4v) is 2.38. The summed E-state index contributed by atoms with van der Waals surface area (Å²) in [5, 5.41) is 6.33. The van der Waals surface area contributed by atoms with Crippen LogP contribution in [0, 0.1) is 12.3 Å². The number of fused-ring (bicyclic) bond motifs is 1. The summed E-state index contributed by atoms with van der Waals surface area (Å²) in [6.07, 6.45) is 8.59. The van der Waals surface area contributed by atoms with Gasteiger partial charge in [0.05, 0.1) is 26.0 Å². The molecule has 0 spiro atoms. The number of anilines is 1. The highest BCUT2D eigenvalue weighted by atomic mass is 16.5. The zero-order valence-corrected chi connectivity index (χ0v) is 14.0. The summed E-state index contributed by atoms with van der Waals surface area (Å²) in [4.78, 5) is 4.53. The maximum Gasteiger partial charge on any atom is 0.196 e.